The zero-order chi connectivity index (χ0) is 13.0. The first-order valence-electron chi connectivity index (χ1n) is 6.01. The highest BCUT2D eigenvalue weighted by Gasteiger charge is 2.19. The number of amides is 1. The molecule has 7 nitrogen and oxygen atoms in total. The smallest absolute Gasteiger partial charge is 0.287 e. The average Bonchev–Trinajstić information content (AvgIpc) is 3.02. The van der Waals surface area contributed by atoms with Crippen molar-refractivity contribution in [2.75, 3.05) is 13.1 Å². The van der Waals surface area contributed by atoms with Crippen molar-refractivity contribution >= 4 is 11.6 Å². The third-order valence-corrected chi connectivity index (χ3v) is 2.77. The summed E-state index contributed by atoms with van der Waals surface area (Å²) in [5.41, 5.74) is 0.118. The van der Waals surface area contributed by atoms with Gasteiger partial charge in [0.15, 0.2) is 0 Å². The molecule has 0 spiro atoms. The van der Waals surface area contributed by atoms with Crippen LogP contribution in [0.2, 0.25) is 0 Å². The van der Waals surface area contributed by atoms with Crippen LogP contribution >= 0.6 is 0 Å². The molecule has 1 saturated carbocycles. The van der Waals surface area contributed by atoms with Gasteiger partial charge in [0.2, 0.25) is 0 Å². The summed E-state index contributed by atoms with van der Waals surface area (Å²) in [6, 6.07) is 1.91. The van der Waals surface area contributed by atoms with E-state index in [0.29, 0.717) is 12.6 Å². The van der Waals surface area contributed by atoms with Crippen LogP contribution in [0.25, 0.3) is 0 Å². The molecule has 0 atom stereocenters. The molecule has 1 fully saturated rings. The van der Waals surface area contributed by atoms with Gasteiger partial charge in [0.25, 0.3) is 11.6 Å². The molecule has 1 amide bonds. The number of nitro groups is 1. The van der Waals surface area contributed by atoms with Crippen molar-refractivity contribution in [1.29, 1.82) is 0 Å². The molecular weight excluding hydrogens is 236 g/mol. The van der Waals surface area contributed by atoms with Gasteiger partial charge in [0, 0.05) is 18.7 Å². The zero-order valence-electron chi connectivity index (χ0n) is 9.94. The van der Waals surface area contributed by atoms with E-state index < -0.39 is 4.92 Å². The van der Waals surface area contributed by atoms with Crippen molar-refractivity contribution in [3.63, 3.8) is 0 Å². The molecule has 3 N–H and O–H groups in total. The van der Waals surface area contributed by atoms with E-state index in [1.807, 2.05) is 0 Å². The molecule has 7 heteroatoms. The quantitative estimate of drug-likeness (QED) is 0.379. The highest BCUT2D eigenvalue weighted by atomic mass is 16.6. The maximum absolute atomic E-state index is 11.6. The highest BCUT2D eigenvalue weighted by Crippen LogP contribution is 2.18. The van der Waals surface area contributed by atoms with Crippen LogP contribution in [-0.4, -0.2) is 34.9 Å². The largest absolute Gasteiger partial charge is 0.351 e. The molecule has 0 aromatic carbocycles. The fraction of sp³-hybridized carbons (Fsp3) is 0.545. The molecule has 0 aliphatic heterocycles. The van der Waals surface area contributed by atoms with Crippen LogP contribution in [0.5, 0.6) is 0 Å². The van der Waals surface area contributed by atoms with Gasteiger partial charge in [0.1, 0.15) is 5.69 Å². The summed E-state index contributed by atoms with van der Waals surface area (Å²) in [5.74, 6) is -0.311. The Balaban J connectivity index is 1.67. The lowest BCUT2D eigenvalue weighted by Gasteiger charge is -2.04. The number of carbonyl (C=O) groups is 1. The molecule has 0 bridgehead atoms. The molecule has 1 aromatic heterocycles. The van der Waals surface area contributed by atoms with Crippen LogP contribution in [-0.2, 0) is 0 Å². The summed E-state index contributed by atoms with van der Waals surface area (Å²) in [7, 11) is 0. The summed E-state index contributed by atoms with van der Waals surface area (Å²) in [6.07, 6.45) is 4.56. The van der Waals surface area contributed by atoms with Crippen LogP contribution in [0.4, 0.5) is 5.69 Å². The first-order valence-corrected chi connectivity index (χ1v) is 6.01. The standard InChI is InChI=1S/C11H16N4O3/c16-11(10-6-9(7-14-10)15(17)18)13-5-1-4-12-8-2-3-8/h6-8,12,14H,1-5H2,(H,13,16). The number of hydrogen-bond donors (Lipinski definition) is 3. The minimum atomic E-state index is -0.535. The Hall–Kier alpha value is -1.89. The Morgan fingerprint density at radius 2 is 2.28 bits per heavy atom. The van der Waals surface area contributed by atoms with E-state index in [2.05, 4.69) is 15.6 Å². The molecule has 2 rings (SSSR count). The first-order chi connectivity index (χ1) is 8.66. The SMILES string of the molecule is O=C(NCCCNC1CC1)c1cc([N+](=O)[O-])c[nH]1. The fourth-order valence-corrected chi connectivity index (χ4v) is 1.60. The van der Waals surface area contributed by atoms with E-state index in [1.54, 1.807) is 0 Å². The minimum absolute atomic E-state index is 0.101. The van der Waals surface area contributed by atoms with Gasteiger partial charge in [-0.05, 0) is 25.8 Å². The zero-order valence-corrected chi connectivity index (χ0v) is 9.94. The maximum Gasteiger partial charge on any atom is 0.287 e. The number of H-pyrrole nitrogens is 1. The predicted octanol–water partition coefficient (Wildman–Crippen LogP) is 0.795. The van der Waals surface area contributed by atoms with Crippen molar-refractivity contribution in [3.05, 3.63) is 28.1 Å². The van der Waals surface area contributed by atoms with Crippen molar-refractivity contribution in [1.82, 2.24) is 15.6 Å². The molecule has 0 radical (unpaired) electrons. The second-order valence-corrected chi connectivity index (χ2v) is 4.37. The van der Waals surface area contributed by atoms with Crippen molar-refractivity contribution < 1.29 is 9.72 Å². The van der Waals surface area contributed by atoms with Gasteiger partial charge < -0.3 is 15.6 Å². The van der Waals surface area contributed by atoms with E-state index in [-0.39, 0.29) is 17.3 Å². The predicted molar refractivity (Wildman–Crippen MR) is 65.4 cm³/mol. The van der Waals surface area contributed by atoms with E-state index in [4.69, 9.17) is 0 Å². The Kier molecular flexibility index (Phi) is 3.93. The van der Waals surface area contributed by atoms with Gasteiger partial charge in [-0.2, -0.15) is 0 Å². The maximum atomic E-state index is 11.6. The van der Waals surface area contributed by atoms with Crippen LogP contribution < -0.4 is 10.6 Å². The van der Waals surface area contributed by atoms with Gasteiger partial charge in [0.05, 0.1) is 11.1 Å². The Labute approximate surface area is 104 Å². The van der Waals surface area contributed by atoms with Gasteiger partial charge >= 0.3 is 0 Å². The molecule has 1 aliphatic rings. The Morgan fingerprint density at radius 1 is 1.50 bits per heavy atom. The lowest BCUT2D eigenvalue weighted by molar-refractivity contribution is -0.384. The van der Waals surface area contributed by atoms with Gasteiger partial charge in [-0.3, -0.25) is 14.9 Å². The fourth-order valence-electron chi connectivity index (χ4n) is 1.60. The number of nitrogens with zero attached hydrogens (tertiary/aromatic N) is 1. The summed E-state index contributed by atoms with van der Waals surface area (Å²) in [6.45, 7) is 1.45. The Morgan fingerprint density at radius 3 is 2.89 bits per heavy atom. The van der Waals surface area contributed by atoms with Gasteiger partial charge in [-0.25, -0.2) is 0 Å². The number of rotatable bonds is 7. The normalized spacial score (nSPS) is 14.4. The molecule has 1 heterocycles. The van der Waals surface area contributed by atoms with Crippen molar-refractivity contribution in [2.45, 2.75) is 25.3 Å². The topological polar surface area (TPSA) is 100 Å². The summed E-state index contributed by atoms with van der Waals surface area (Å²) in [5, 5.41) is 16.5. The average molecular weight is 252 g/mol. The molecule has 0 saturated heterocycles. The second kappa shape index (κ2) is 5.63. The molecule has 1 aliphatic carbocycles. The first kappa shape index (κ1) is 12.6. The number of aromatic amines is 1. The van der Waals surface area contributed by atoms with Crippen LogP contribution in [0.1, 0.15) is 29.8 Å². The number of nitrogens with one attached hydrogen (secondary N) is 3. The third-order valence-electron chi connectivity index (χ3n) is 2.77. The van der Waals surface area contributed by atoms with E-state index >= 15 is 0 Å². The molecule has 18 heavy (non-hydrogen) atoms. The number of carbonyl (C=O) groups excluding carboxylic acids is 1. The number of aromatic nitrogens is 1. The molecule has 1 aromatic rings. The monoisotopic (exact) mass is 252 g/mol. The molecular formula is C11H16N4O3. The highest BCUT2D eigenvalue weighted by molar-refractivity contribution is 5.93. The lowest BCUT2D eigenvalue weighted by atomic mass is 10.3. The van der Waals surface area contributed by atoms with Gasteiger partial charge in [-0.1, -0.05) is 0 Å². The summed E-state index contributed by atoms with van der Waals surface area (Å²) in [4.78, 5) is 24.1. The third kappa shape index (κ3) is 3.56. The lowest BCUT2D eigenvalue weighted by Crippen LogP contribution is -2.28. The summed E-state index contributed by atoms with van der Waals surface area (Å²) >= 11 is 0. The molecule has 98 valence electrons. The minimum Gasteiger partial charge on any atom is -0.351 e. The van der Waals surface area contributed by atoms with Crippen LogP contribution in [0.3, 0.4) is 0 Å². The van der Waals surface area contributed by atoms with E-state index in [9.17, 15) is 14.9 Å². The van der Waals surface area contributed by atoms with Crippen molar-refractivity contribution in [2.24, 2.45) is 0 Å². The number of hydrogen-bond acceptors (Lipinski definition) is 4. The van der Waals surface area contributed by atoms with Gasteiger partial charge in [-0.15, -0.1) is 0 Å². The summed E-state index contributed by atoms with van der Waals surface area (Å²) < 4.78 is 0. The van der Waals surface area contributed by atoms with E-state index in [0.717, 1.165) is 13.0 Å². The van der Waals surface area contributed by atoms with Crippen LogP contribution in [0, 0.1) is 10.1 Å². The van der Waals surface area contributed by atoms with Crippen molar-refractivity contribution in [3.8, 4) is 0 Å². The molecule has 0 unspecified atom stereocenters. The van der Waals surface area contributed by atoms with Crippen LogP contribution in [0.15, 0.2) is 12.3 Å². The second-order valence-electron chi connectivity index (χ2n) is 4.37. The van der Waals surface area contributed by atoms with E-state index in [1.165, 1.54) is 25.1 Å². The Bertz CT molecular complexity index is 439.